The highest BCUT2D eigenvalue weighted by Crippen LogP contribution is 2.20. The quantitative estimate of drug-likeness (QED) is 0.0472. The molecule has 2 aromatic carbocycles. The van der Waals surface area contributed by atoms with Crippen molar-refractivity contribution in [3.05, 3.63) is 84.1 Å². The molecule has 4 aromatic rings. The van der Waals surface area contributed by atoms with Crippen molar-refractivity contribution in [1.29, 1.82) is 0 Å². The molecule has 19 nitrogen and oxygen atoms in total. The molecule has 0 spiro atoms. The number of aliphatic hydroxyl groups is 2. The van der Waals surface area contributed by atoms with Crippen LogP contribution in [-0.4, -0.2) is 120 Å². The first-order chi connectivity index (χ1) is 25.7. The van der Waals surface area contributed by atoms with E-state index in [-0.39, 0.29) is 25.0 Å². The summed E-state index contributed by atoms with van der Waals surface area (Å²) in [5.74, 6) is -5.86. The summed E-state index contributed by atoms with van der Waals surface area (Å²) in [4.78, 5) is 87.9. The first-order valence-electron chi connectivity index (χ1n) is 16.8. The number of nitrogens with two attached hydrogens (primary N) is 1. The molecule has 0 aliphatic heterocycles. The molecule has 2 aromatic heterocycles. The second-order valence-electron chi connectivity index (χ2n) is 12.5. The number of carboxylic acids is 1. The summed E-state index contributed by atoms with van der Waals surface area (Å²) in [6.45, 7) is -0.0664. The van der Waals surface area contributed by atoms with E-state index in [1.165, 1.54) is 43.7 Å². The minimum absolute atomic E-state index is 0.0559. The second kappa shape index (κ2) is 19.0. The molecule has 0 bridgehead atoms. The summed E-state index contributed by atoms with van der Waals surface area (Å²) < 4.78 is 0. The molecule has 0 saturated carbocycles. The number of aromatic hydroxyl groups is 1. The number of nitrogens with zero attached hydrogens (tertiary/aromatic N) is 1. The first kappa shape index (κ1) is 40.5. The summed E-state index contributed by atoms with van der Waals surface area (Å²) >= 11 is 0. The lowest BCUT2D eigenvalue weighted by atomic mass is 10.0. The van der Waals surface area contributed by atoms with E-state index in [0.717, 1.165) is 10.9 Å². The summed E-state index contributed by atoms with van der Waals surface area (Å²) in [7, 11) is 0. The largest absolute Gasteiger partial charge is 0.508 e. The third-order valence-corrected chi connectivity index (χ3v) is 8.36. The number of imidazole rings is 1. The number of carbonyl (C=O) groups is 6. The third kappa shape index (κ3) is 11.3. The van der Waals surface area contributed by atoms with Crippen molar-refractivity contribution in [1.82, 2.24) is 41.5 Å². The highest BCUT2D eigenvalue weighted by molar-refractivity contribution is 5.96. The number of hydrogen-bond donors (Lipinski definition) is 12. The molecule has 0 radical (unpaired) electrons. The Hall–Kier alpha value is -6.31. The third-order valence-electron chi connectivity index (χ3n) is 8.36. The Morgan fingerprint density at radius 2 is 1.48 bits per heavy atom. The number of fused-ring (bicyclic) bond motifs is 1. The molecular weight excluding hydrogens is 706 g/mol. The molecule has 5 amide bonds. The highest BCUT2D eigenvalue weighted by Gasteiger charge is 2.34. The van der Waals surface area contributed by atoms with Crippen LogP contribution in [0, 0.1) is 0 Å². The van der Waals surface area contributed by atoms with Crippen LogP contribution in [0.2, 0.25) is 0 Å². The molecule has 13 N–H and O–H groups in total. The Balaban J connectivity index is 1.55. The fourth-order valence-electron chi connectivity index (χ4n) is 5.44. The monoisotopic (exact) mass is 749 g/mol. The van der Waals surface area contributed by atoms with Crippen molar-refractivity contribution < 1.29 is 49.2 Å². The predicted octanol–water partition coefficient (Wildman–Crippen LogP) is -2.54. The molecule has 54 heavy (non-hydrogen) atoms. The van der Waals surface area contributed by atoms with Crippen molar-refractivity contribution in [3.8, 4) is 5.75 Å². The molecule has 288 valence electrons. The van der Waals surface area contributed by atoms with Gasteiger partial charge in [0, 0.05) is 42.6 Å². The lowest BCUT2D eigenvalue weighted by molar-refractivity contribution is -0.142. The SMILES string of the molecule is C[C@@H](O)[C@H](NC(=O)[C@H](Cc1ccc(O)cc1)NC(=O)CNC(=O)[C@@H](N)CO)C(=O)N[C@@H](Cc1c[nH]c2ccccc12)C(=O)N[C@@H](Cc1c[nH]cn1)C(=O)O. The number of aromatic nitrogens is 3. The van der Waals surface area contributed by atoms with Gasteiger partial charge in [0.25, 0.3) is 0 Å². The topological polar surface area (TPSA) is 314 Å². The Morgan fingerprint density at radius 1 is 0.815 bits per heavy atom. The number of aliphatic hydroxyl groups excluding tert-OH is 2. The minimum Gasteiger partial charge on any atom is -0.508 e. The number of rotatable bonds is 19. The van der Waals surface area contributed by atoms with Gasteiger partial charge < -0.3 is 62.7 Å². The number of H-pyrrole nitrogens is 2. The van der Waals surface area contributed by atoms with Gasteiger partial charge in [-0.2, -0.15) is 0 Å². The molecule has 0 unspecified atom stereocenters. The molecule has 0 aliphatic rings. The molecule has 19 heteroatoms. The smallest absolute Gasteiger partial charge is 0.326 e. The van der Waals surface area contributed by atoms with E-state index in [2.05, 4.69) is 41.5 Å². The maximum atomic E-state index is 13.8. The normalized spacial score (nSPS) is 14.4. The zero-order valence-corrected chi connectivity index (χ0v) is 29.1. The number of phenols is 1. The van der Waals surface area contributed by atoms with Crippen LogP contribution in [0.1, 0.15) is 23.7 Å². The Morgan fingerprint density at radius 3 is 2.13 bits per heavy atom. The van der Waals surface area contributed by atoms with Crippen LogP contribution in [0.5, 0.6) is 5.75 Å². The number of hydrogen-bond acceptors (Lipinski definition) is 11. The van der Waals surface area contributed by atoms with Gasteiger partial charge in [-0.15, -0.1) is 0 Å². The summed E-state index contributed by atoms with van der Waals surface area (Å²) in [5.41, 5.74) is 7.65. The number of carboxylic acid groups (broad SMARTS) is 1. The average molecular weight is 750 g/mol. The van der Waals surface area contributed by atoms with Gasteiger partial charge in [-0.05, 0) is 36.2 Å². The molecule has 4 rings (SSSR count). The van der Waals surface area contributed by atoms with Gasteiger partial charge in [0.05, 0.1) is 31.3 Å². The lowest BCUT2D eigenvalue weighted by Crippen LogP contribution is -2.61. The molecule has 2 heterocycles. The molecule has 0 fully saturated rings. The van der Waals surface area contributed by atoms with E-state index < -0.39 is 85.0 Å². The van der Waals surface area contributed by atoms with Gasteiger partial charge in [-0.1, -0.05) is 30.3 Å². The molecule has 6 atom stereocenters. The number of phenolic OH excluding ortho intramolecular Hbond substituents is 1. The molecule has 0 aliphatic carbocycles. The second-order valence-corrected chi connectivity index (χ2v) is 12.5. The summed E-state index contributed by atoms with van der Waals surface area (Å²) in [5, 5.41) is 52.2. The van der Waals surface area contributed by atoms with Crippen LogP contribution in [0.25, 0.3) is 10.9 Å². The number of aliphatic carboxylic acids is 1. The zero-order chi connectivity index (χ0) is 39.4. The molecular formula is C35H43N9O10. The predicted molar refractivity (Wildman–Crippen MR) is 191 cm³/mol. The summed E-state index contributed by atoms with van der Waals surface area (Å²) in [6, 6.07) is 5.70. The Bertz CT molecular complexity index is 1910. The summed E-state index contributed by atoms with van der Waals surface area (Å²) in [6.07, 6.45) is 2.48. The van der Waals surface area contributed by atoms with Crippen LogP contribution >= 0.6 is 0 Å². The van der Waals surface area contributed by atoms with Crippen LogP contribution < -0.4 is 32.3 Å². The first-order valence-corrected chi connectivity index (χ1v) is 16.8. The fourth-order valence-corrected chi connectivity index (χ4v) is 5.44. The van der Waals surface area contributed by atoms with Crippen LogP contribution in [0.15, 0.2) is 67.3 Å². The van der Waals surface area contributed by atoms with Crippen molar-refractivity contribution in [3.63, 3.8) is 0 Å². The van der Waals surface area contributed by atoms with E-state index in [1.54, 1.807) is 30.5 Å². The number of carbonyl (C=O) groups excluding carboxylic acids is 5. The van der Waals surface area contributed by atoms with Crippen molar-refractivity contribution in [2.75, 3.05) is 13.2 Å². The maximum Gasteiger partial charge on any atom is 0.326 e. The van der Waals surface area contributed by atoms with E-state index in [4.69, 9.17) is 10.8 Å². The van der Waals surface area contributed by atoms with Gasteiger partial charge in [0.1, 0.15) is 36.0 Å². The van der Waals surface area contributed by atoms with Gasteiger partial charge in [-0.25, -0.2) is 9.78 Å². The zero-order valence-electron chi connectivity index (χ0n) is 29.1. The van der Waals surface area contributed by atoms with Crippen molar-refractivity contribution in [2.24, 2.45) is 5.73 Å². The lowest BCUT2D eigenvalue weighted by Gasteiger charge is -2.27. The number of benzene rings is 2. The average Bonchev–Trinajstić information content (AvgIpc) is 3.82. The van der Waals surface area contributed by atoms with Gasteiger partial charge in [0.15, 0.2) is 0 Å². The van der Waals surface area contributed by atoms with E-state index >= 15 is 0 Å². The maximum absolute atomic E-state index is 13.8. The number of aromatic amines is 2. The van der Waals surface area contributed by atoms with Crippen LogP contribution in [-0.2, 0) is 48.0 Å². The fraction of sp³-hybridized carbons (Fsp3) is 0.343. The van der Waals surface area contributed by atoms with E-state index in [0.29, 0.717) is 16.8 Å². The Labute approximate surface area is 308 Å². The van der Waals surface area contributed by atoms with Crippen molar-refractivity contribution >= 4 is 46.4 Å². The molecule has 0 saturated heterocycles. The van der Waals surface area contributed by atoms with E-state index in [1.807, 2.05) is 0 Å². The highest BCUT2D eigenvalue weighted by atomic mass is 16.4. The number of amides is 5. The van der Waals surface area contributed by atoms with Gasteiger partial charge >= 0.3 is 5.97 Å². The Kier molecular flexibility index (Phi) is 14.2. The van der Waals surface area contributed by atoms with Crippen LogP contribution in [0.3, 0.4) is 0 Å². The van der Waals surface area contributed by atoms with E-state index in [9.17, 15) is 44.1 Å². The number of para-hydroxylation sites is 1. The number of nitrogens with one attached hydrogen (secondary N) is 7. The standard InChI is InChI=1S/C35H43N9O10/c1-18(46)30(44-33(51)26(10-19-6-8-22(47)9-7-19)41-29(48)15-39-31(49)24(36)16-45)34(52)42-27(11-20-13-38-25-5-3-2-4-23(20)25)32(50)43-28(35(53)54)12-21-14-37-17-40-21/h2-9,13-14,17-18,24,26-28,30,38,45-47H,10-12,15-16,36H2,1H3,(H,37,40)(H,39,49)(H,41,48)(H,42,52)(H,43,50)(H,44,51)(H,53,54)/t18-,24+,26+,27+,28+,30+/m1/s1. The van der Waals surface area contributed by atoms with Crippen LogP contribution in [0.4, 0.5) is 0 Å². The van der Waals surface area contributed by atoms with Gasteiger partial charge in [-0.3, -0.25) is 24.0 Å². The minimum atomic E-state index is -1.68. The van der Waals surface area contributed by atoms with Crippen molar-refractivity contribution in [2.45, 2.75) is 62.5 Å². The van der Waals surface area contributed by atoms with Gasteiger partial charge in [0.2, 0.25) is 29.5 Å².